The molecule has 0 spiro atoms. The molecule has 96 valence electrons. The molecule has 0 aliphatic rings. The van der Waals surface area contributed by atoms with E-state index in [-0.39, 0.29) is 12.1 Å². The number of aliphatic hydroxyl groups excluding tert-OH is 1. The van der Waals surface area contributed by atoms with Crippen LogP contribution in [-0.4, -0.2) is 21.4 Å². The Morgan fingerprint density at radius 1 is 1.33 bits per heavy atom. The fourth-order valence-corrected chi connectivity index (χ4v) is 1.64. The van der Waals surface area contributed by atoms with Crippen LogP contribution in [0.4, 0.5) is 14.6 Å². The van der Waals surface area contributed by atoms with Crippen LogP contribution in [-0.2, 0) is 7.05 Å². The Hall–Kier alpha value is -1.95. The van der Waals surface area contributed by atoms with Crippen LogP contribution in [0.25, 0.3) is 0 Å². The van der Waals surface area contributed by atoms with Gasteiger partial charge in [0, 0.05) is 25.9 Å². The first kappa shape index (κ1) is 12.5. The van der Waals surface area contributed by atoms with E-state index in [9.17, 15) is 13.9 Å². The van der Waals surface area contributed by atoms with E-state index in [1.54, 1.807) is 24.0 Å². The van der Waals surface area contributed by atoms with E-state index in [0.29, 0.717) is 5.82 Å². The van der Waals surface area contributed by atoms with Crippen molar-refractivity contribution in [3.63, 3.8) is 0 Å². The lowest BCUT2D eigenvalue weighted by Gasteiger charge is -2.13. The lowest BCUT2D eigenvalue weighted by atomic mass is 10.1. The topological polar surface area (TPSA) is 50.1 Å². The van der Waals surface area contributed by atoms with E-state index in [1.165, 1.54) is 6.07 Å². The first-order valence-corrected chi connectivity index (χ1v) is 5.43. The van der Waals surface area contributed by atoms with Crippen molar-refractivity contribution >= 4 is 5.82 Å². The van der Waals surface area contributed by atoms with Gasteiger partial charge in [-0.05, 0) is 12.1 Å². The van der Waals surface area contributed by atoms with Crippen LogP contribution in [0.2, 0.25) is 0 Å². The highest BCUT2D eigenvalue weighted by molar-refractivity contribution is 5.33. The van der Waals surface area contributed by atoms with Crippen LogP contribution in [0.5, 0.6) is 0 Å². The van der Waals surface area contributed by atoms with Gasteiger partial charge in [-0.3, -0.25) is 4.68 Å². The van der Waals surface area contributed by atoms with Gasteiger partial charge in [-0.25, -0.2) is 8.78 Å². The number of rotatable bonds is 4. The Labute approximate surface area is 103 Å². The molecular formula is C12H13F2N3O. The SMILES string of the molecule is Cn1ccc(NCC(O)c2c(F)cccc2F)n1. The Bertz CT molecular complexity index is 522. The minimum atomic E-state index is -1.27. The second-order valence-electron chi connectivity index (χ2n) is 3.91. The third kappa shape index (κ3) is 2.65. The number of halogens is 2. The molecule has 0 bridgehead atoms. The van der Waals surface area contributed by atoms with Gasteiger partial charge in [0.15, 0.2) is 0 Å². The maximum Gasteiger partial charge on any atom is 0.148 e. The summed E-state index contributed by atoms with van der Waals surface area (Å²) in [5.74, 6) is -0.982. The van der Waals surface area contributed by atoms with Crippen molar-refractivity contribution in [3.8, 4) is 0 Å². The summed E-state index contributed by atoms with van der Waals surface area (Å²) in [6.07, 6.45) is 0.450. The number of aryl methyl sites for hydroxylation is 1. The van der Waals surface area contributed by atoms with E-state index in [0.717, 1.165) is 12.1 Å². The molecule has 0 aliphatic carbocycles. The molecular weight excluding hydrogens is 240 g/mol. The zero-order chi connectivity index (χ0) is 13.1. The van der Waals surface area contributed by atoms with E-state index >= 15 is 0 Å². The minimum absolute atomic E-state index is 0.0190. The van der Waals surface area contributed by atoms with E-state index in [2.05, 4.69) is 10.4 Å². The summed E-state index contributed by atoms with van der Waals surface area (Å²) in [5, 5.41) is 16.6. The van der Waals surface area contributed by atoms with Crippen molar-refractivity contribution in [2.24, 2.45) is 7.05 Å². The van der Waals surface area contributed by atoms with Crippen LogP contribution in [0.15, 0.2) is 30.5 Å². The third-order valence-electron chi connectivity index (χ3n) is 2.52. The molecule has 0 aliphatic heterocycles. The van der Waals surface area contributed by atoms with Gasteiger partial charge in [-0.15, -0.1) is 0 Å². The maximum atomic E-state index is 13.4. The lowest BCUT2D eigenvalue weighted by molar-refractivity contribution is 0.181. The highest BCUT2D eigenvalue weighted by Gasteiger charge is 2.17. The molecule has 1 aromatic heterocycles. The normalized spacial score (nSPS) is 12.4. The molecule has 1 heterocycles. The van der Waals surface area contributed by atoms with Gasteiger partial charge in [0.05, 0.1) is 5.56 Å². The molecule has 2 rings (SSSR count). The highest BCUT2D eigenvalue weighted by Crippen LogP contribution is 2.20. The Morgan fingerprint density at radius 2 is 2.00 bits per heavy atom. The number of aliphatic hydroxyl groups is 1. The molecule has 0 radical (unpaired) electrons. The molecule has 1 unspecified atom stereocenters. The molecule has 0 fully saturated rings. The molecule has 4 nitrogen and oxygen atoms in total. The molecule has 1 aromatic carbocycles. The van der Waals surface area contributed by atoms with Crippen molar-refractivity contribution in [2.75, 3.05) is 11.9 Å². The largest absolute Gasteiger partial charge is 0.386 e. The predicted molar refractivity (Wildman–Crippen MR) is 63.0 cm³/mol. The van der Waals surface area contributed by atoms with Crippen molar-refractivity contribution in [2.45, 2.75) is 6.10 Å². The molecule has 18 heavy (non-hydrogen) atoms. The summed E-state index contributed by atoms with van der Waals surface area (Å²) >= 11 is 0. The second kappa shape index (κ2) is 5.14. The quantitative estimate of drug-likeness (QED) is 0.874. The van der Waals surface area contributed by atoms with Gasteiger partial charge in [0.25, 0.3) is 0 Å². The van der Waals surface area contributed by atoms with E-state index in [4.69, 9.17) is 0 Å². The zero-order valence-corrected chi connectivity index (χ0v) is 9.77. The van der Waals surface area contributed by atoms with Gasteiger partial charge in [-0.2, -0.15) is 5.10 Å². The number of aromatic nitrogens is 2. The molecule has 1 atom stereocenters. The van der Waals surface area contributed by atoms with E-state index < -0.39 is 17.7 Å². The van der Waals surface area contributed by atoms with Crippen LogP contribution >= 0.6 is 0 Å². The molecule has 2 N–H and O–H groups in total. The van der Waals surface area contributed by atoms with Crippen LogP contribution < -0.4 is 5.32 Å². The minimum Gasteiger partial charge on any atom is -0.386 e. The molecule has 6 heteroatoms. The van der Waals surface area contributed by atoms with Crippen molar-refractivity contribution < 1.29 is 13.9 Å². The first-order chi connectivity index (χ1) is 8.58. The lowest BCUT2D eigenvalue weighted by Crippen LogP contribution is -2.15. The summed E-state index contributed by atoms with van der Waals surface area (Å²) in [5.41, 5.74) is -0.332. The summed E-state index contributed by atoms with van der Waals surface area (Å²) in [6, 6.07) is 5.18. The number of benzene rings is 1. The average Bonchev–Trinajstić information content (AvgIpc) is 2.72. The van der Waals surface area contributed by atoms with Crippen molar-refractivity contribution in [1.29, 1.82) is 0 Å². The van der Waals surface area contributed by atoms with Crippen LogP contribution in [0.3, 0.4) is 0 Å². The monoisotopic (exact) mass is 253 g/mol. The number of hydrogen-bond acceptors (Lipinski definition) is 3. The summed E-state index contributed by atoms with van der Waals surface area (Å²) in [4.78, 5) is 0. The van der Waals surface area contributed by atoms with Gasteiger partial charge >= 0.3 is 0 Å². The van der Waals surface area contributed by atoms with Crippen molar-refractivity contribution in [1.82, 2.24) is 9.78 Å². The number of nitrogens with one attached hydrogen (secondary N) is 1. The summed E-state index contributed by atoms with van der Waals surface area (Å²) < 4.78 is 28.3. The number of anilines is 1. The summed E-state index contributed by atoms with van der Waals surface area (Å²) in [6.45, 7) is -0.0190. The Kier molecular flexibility index (Phi) is 3.57. The average molecular weight is 253 g/mol. The predicted octanol–water partition coefficient (Wildman–Crippen LogP) is 1.84. The van der Waals surface area contributed by atoms with Gasteiger partial charge in [0.2, 0.25) is 0 Å². The molecule has 0 amide bonds. The van der Waals surface area contributed by atoms with Gasteiger partial charge in [-0.1, -0.05) is 6.07 Å². The van der Waals surface area contributed by atoms with E-state index in [1.807, 2.05) is 0 Å². The molecule has 0 saturated heterocycles. The standard InChI is InChI=1S/C12H13F2N3O/c1-17-6-5-11(16-17)15-7-10(18)12-8(13)3-2-4-9(12)14/h2-6,10,18H,7H2,1H3,(H,15,16). The second-order valence-corrected chi connectivity index (χ2v) is 3.91. The number of nitrogens with zero attached hydrogens (tertiary/aromatic N) is 2. The van der Waals surface area contributed by atoms with Crippen LogP contribution in [0.1, 0.15) is 11.7 Å². The van der Waals surface area contributed by atoms with Crippen molar-refractivity contribution in [3.05, 3.63) is 47.7 Å². The smallest absolute Gasteiger partial charge is 0.148 e. The Morgan fingerprint density at radius 3 is 2.56 bits per heavy atom. The van der Waals surface area contributed by atoms with Gasteiger partial charge in [0.1, 0.15) is 23.6 Å². The highest BCUT2D eigenvalue weighted by atomic mass is 19.1. The Balaban J connectivity index is 2.06. The molecule has 0 saturated carbocycles. The summed E-state index contributed by atoms with van der Waals surface area (Å²) in [7, 11) is 1.75. The number of hydrogen-bond donors (Lipinski definition) is 2. The maximum absolute atomic E-state index is 13.4. The first-order valence-electron chi connectivity index (χ1n) is 5.43. The molecule has 2 aromatic rings. The zero-order valence-electron chi connectivity index (χ0n) is 9.77. The fraction of sp³-hybridized carbons (Fsp3) is 0.250. The van der Waals surface area contributed by atoms with Crippen LogP contribution in [0, 0.1) is 11.6 Å². The third-order valence-corrected chi connectivity index (χ3v) is 2.52. The van der Waals surface area contributed by atoms with Gasteiger partial charge < -0.3 is 10.4 Å². The fourth-order valence-electron chi connectivity index (χ4n) is 1.64.